The number of hydrogen-bond donors (Lipinski definition) is 2. The molecule has 7 heteroatoms. The summed E-state index contributed by atoms with van der Waals surface area (Å²) < 4.78 is 5.36. The van der Waals surface area contributed by atoms with Gasteiger partial charge in [-0.15, -0.1) is 0 Å². The Hall–Kier alpha value is -2.54. The van der Waals surface area contributed by atoms with E-state index < -0.39 is 5.54 Å². The minimum Gasteiger partial charge on any atom is -0.497 e. The number of rotatable bonds is 6. The summed E-state index contributed by atoms with van der Waals surface area (Å²) in [6.45, 7) is 3.23. The van der Waals surface area contributed by atoms with Gasteiger partial charge in [-0.25, -0.2) is 0 Å². The lowest BCUT2D eigenvalue weighted by atomic mass is 9.83. The Morgan fingerprint density at radius 3 is 2.82 bits per heavy atom. The number of aromatic amines is 1. The third kappa shape index (κ3) is 2.76. The van der Waals surface area contributed by atoms with Gasteiger partial charge < -0.3 is 24.6 Å². The number of benzene rings is 1. The van der Waals surface area contributed by atoms with Crippen LogP contribution in [0, 0.1) is 0 Å². The molecule has 1 saturated heterocycles. The predicted molar refractivity (Wildman–Crippen MR) is 105 cm³/mol. The third-order valence-electron chi connectivity index (χ3n) is 6.14. The maximum absolute atomic E-state index is 13.5. The number of nitrogens with zero attached hydrogens (tertiary/aromatic N) is 2. The van der Waals surface area contributed by atoms with Crippen molar-refractivity contribution >= 4 is 22.7 Å². The molecular weight excluding hydrogens is 358 g/mol. The van der Waals surface area contributed by atoms with Crippen molar-refractivity contribution in [2.45, 2.75) is 38.1 Å². The van der Waals surface area contributed by atoms with Crippen LogP contribution in [-0.4, -0.2) is 65.1 Å². The average Bonchev–Trinajstić information content (AvgIpc) is 3.08. The number of unbranched alkanes of at least 4 members (excludes halogenated alkanes) is 2. The summed E-state index contributed by atoms with van der Waals surface area (Å²) in [6, 6.07) is 5.85. The molecule has 0 aliphatic carbocycles. The van der Waals surface area contributed by atoms with Gasteiger partial charge in [-0.1, -0.05) is 0 Å². The highest BCUT2D eigenvalue weighted by Gasteiger charge is 2.53. The molecule has 2 aromatic rings. The van der Waals surface area contributed by atoms with Gasteiger partial charge in [0.05, 0.1) is 19.3 Å². The van der Waals surface area contributed by atoms with Gasteiger partial charge in [0.25, 0.3) is 5.91 Å². The second kappa shape index (κ2) is 7.13. The number of nitrogens with one attached hydrogen (secondary N) is 1. The second-order valence-corrected chi connectivity index (χ2v) is 7.77. The van der Waals surface area contributed by atoms with E-state index in [1.807, 2.05) is 25.1 Å². The topological polar surface area (TPSA) is 85.9 Å². The SMILES string of the molecule is COc1ccc2[nH]c3c(c2c1)CCN1C(=O)CN(CCCCCO)C(=O)[C@]31C. The van der Waals surface area contributed by atoms with Gasteiger partial charge in [-0.3, -0.25) is 9.59 Å². The number of carbonyl (C=O) groups excluding carboxylic acids is 2. The number of methoxy groups -OCH3 is 1. The average molecular weight is 385 g/mol. The number of aromatic nitrogens is 1. The van der Waals surface area contributed by atoms with Crippen LogP contribution < -0.4 is 4.74 Å². The molecule has 0 spiro atoms. The van der Waals surface area contributed by atoms with Crippen LogP contribution in [0.1, 0.15) is 37.4 Å². The summed E-state index contributed by atoms with van der Waals surface area (Å²) in [5, 5.41) is 10.0. The fourth-order valence-electron chi connectivity index (χ4n) is 4.61. The molecule has 7 nitrogen and oxygen atoms in total. The number of H-pyrrole nitrogens is 1. The summed E-state index contributed by atoms with van der Waals surface area (Å²) in [5.41, 5.74) is 1.86. The fraction of sp³-hybridized carbons (Fsp3) is 0.524. The highest BCUT2D eigenvalue weighted by atomic mass is 16.5. The predicted octanol–water partition coefficient (Wildman–Crippen LogP) is 1.78. The molecular formula is C21H27N3O4. The van der Waals surface area contributed by atoms with Crippen molar-refractivity contribution in [2.24, 2.45) is 0 Å². The fourth-order valence-corrected chi connectivity index (χ4v) is 4.61. The van der Waals surface area contributed by atoms with E-state index >= 15 is 0 Å². The highest BCUT2D eigenvalue weighted by molar-refractivity contribution is 6.00. The van der Waals surface area contributed by atoms with Gasteiger partial charge >= 0.3 is 0 Å². The quantitative estimate of drug-likeness (QED) is 0.743. The van der Waals surface area contributed by atoms with E-state index in [1.165, 1.54) is 0 Å². The standard InChI is InChI=1S/C21H27N3O4/c1-21-19-15(16-12-14(28-2)6-7-17(16)22-19)8-10-24(21)18(26)13-23(20(21)27)9-4-3-5-11-25/h6-7,12,22,25H,3-5,8-11,13H2,1-2H3/t21-/m0/s1. The Morgan fingerprint density at radius 1 is 1.25 bits per heavy atom. The minimum absolute atomic E-state index is 0.00820. The first kappa shape index (κ1) is 18.8. The van der Waals surface area contributed by atoms with Crippen LogP contribution in [0.25, 0.3) is 10.9 Å². The van der Waals surface area contributed by atoms with E-state index in [1.54, 1.807) is 16.9 Å². The van der Waals surface area contributed by atoms with E-state index in [4.69, 9.17) is 9.84 Å². The van der Waals surface area contributed by atoms with Gasteiger partial charge in [-0.2, -0.15) is 0 Å². The number of fused-ring (bicyclic) bond motifs is 5. The number of aliphatic hydroxyl groups excluding tert-OH is 1. The lowest BCUT2D eigenvalue weighted by Crippen LogP contribution is -2.67. The molecule has 0 radical (unpaired) electrons. The largest absolute Gasteiger partial charge is 0.497 e. The number of hydrogen-bond acceptors (Lipinski definition) is 4. The number of carbonyl (C=O) groups is 2. The van der Waals surface area contributed by atoms with Crippen LogP contribution in [-0.2, 0) is 21.5 Å². The Kier molecular flexibility index (Phi) is 4.79. The van der Waals surface area contributed by atoms with Gasteiger partial charge in [0.15, 0.2) is 5.54 Å². The van der Waals surface area contributed by atoms with Crippen LogP contribution in [0.4, 0.5) is 0 Å². The molecule has 4 rings (SSSR count). The van der Waals surface area contributed by atoms with Crippen molar-refractivity contribution in [1.82, 2.24) is 14.8 Å². The van der Waals surface area contributed by atoms with Crippen molar-refractivity contribution in [1.29, 1.82) is 0 Å². The zero-order chi connectivity index (χ0) is 19.9. The Labute approximate surface area is 164 Å². The first-order valence-corrected chi connectivity index (χ1v) is 9.90. The first-order chi connectivity index (χ1) is 13.5. The van der Waals surface area contributed by atoms with E-state index in [-0.39, 0.29) is 25.0 Å². The molecule has 1 aromatic heterocycles. The molecule has 150 valence electrons. The van der Waals surface area contributed by atoms with Crippen molar-refractivity contribution in [3.05, 3.63) is 29.5 Å². The molecule has 3 heterocycles. The molecule has 28 heavy (non-hydrogen) atoms. The lowest BCUT2D eigenvalue weighted by Gasteiger charge is -2.49. The summed E-state index contributed by atoms with van der Waals surface area (Å²) in [7, 11) is 1.64. The van der Waals surface area contributed by atoms with Crippen LogP contribution in [0.2, 0.25) is 0 Å². The van der Waals surface area contributed by atoms with Gasteiger partial charge in [0.1, 0.15) is 5.75 Å². The second-order valence-electron chi connectivity index (χ2n) is 7.77. The Bertz CT molecular complexity index is 922. The van der Waals surface area contributed by atoms with Crippen molar-refractivity contribution in [2.75, 3.05) is 33.4 Å². The molecule has 2 N–H and O–H groups in total. The van der Waals surface area contributed by atoms with E-state index in [0.29, 0.717) is 25.9 Å². The summed E-state index contributed by atoms with van der Waals surface area (Å²) in [4.78, 5) is 33.2. The zero-order valence-electron chi connectivity index (χ0n) is 16.5. The number of amides is 2. The molecule has 0 bridgehead atoms. The van der Waals surface area contributed by atoms with Crippen molar-refractivity contribution < 1.29 is 19.4 Å². The van der Waals surface area contributed by atoms with Crippen molar-refractivity contribution in [3.8, 4) is 5.75 Å². The maximum atomic E-state index is 13.5. The molecule has 1 aromatic carbocycles. The minimum atomic E-state index is -1.01. The summed E-state index contributed by atoms with van der Waals surface area (Å²) >= 11 is 0. The maximum Gasteiger partial charge on any atom is 0.254 e. The molecule has 1 fully saturated rings. The molecule has 0 saturated carbocycles. The van der Waals surface area contributed by atoms with Gasteiger partial charge in [0.2, 0.25) is 5.91 Å². The number of ether oxygens (including phenoxy) is 1. The van der Waals surface area contributed by atoms with E-state index in [2.05, 4.69) is 4.98 Å². The monoisotopic (exact) mass is 385 g/mol. The van der Waals surface area contributed by atoms with Gasteiger partial charge in [0, 0.05) is 30.6 Å². The normalized spacial score (nSPS) is 21.8. The smallest absolute Gasteiger partial charge is 0.254 e. The highest BCUT2D eigenvalue weighted by Crippen LogP contribution is 2.42. The number of aliphatic hydroxyl groups is 1. The zero-order valence-corrected chi connectivity index (χ0v) is 16.5. The molecule has 2 amide bonds. The van der Waals surface area contributed by atoms with Crippen LogP contribution in [0.15, 0.2) is 18.2 Å². The van der Waals surface area contributed by atoms with Crippen LogP contribution >= 0.6 is 0 Å². The molecule has 0 unspecified atom stereocenters. The number of piperazine rings is 1. The van der Waals surface area contributed by atoms with E-state index in [0.717, 1.165) is 40.8 Å². The van der Waals surface area contributed by atoms with Crippen LogP contribution in [0.5, 0.6) is 5.75 Å². The molecule has 1 atom stereocenters. The Balaban J connectivity index is 1.72. The lowest BCUT2D eigenvalue weighted by molar-refractivity contribution is -0.166. The van der Waals surface area contributed by atoms with Crippen molar-refractivity contribution in [3.63, 3.8) is 0 Å². The molecule has 2 aliphatic heterocycles. The first-order valence-electron chi connectivity index (χ1n) is 9.90. The summed E-state index contributed by atoms with van der Waals surface area (Å²) in [5.74, 6) is 0.736. The van der Waals surface area contributed by atoms with E-state index in [9.17, 15) is 9.59 Å². The Morgan fingerprint density at radius 2 is 2.07 bits per heavy atom. The molecule has 2 aliphatic rings. The summed E-state index contributed by atoms with van der Waals surface area (Å²) in [6.07, 6.45) is 3.06. The van der Waals surface area contributed by atoms with Gasteiger partial charge in [-0.05, 0) is 56.4 Å². The third-order valence-corrected chi connectivity index (χ3v) is 6.14. The van der Waals surface area contributed by atoms with Crippen LogP contribution in [0.3, 0.4) is 0 Å².